The van der Waals surface area contributed by atoms with Crippen LogP contribution in [0.25, 0.3) is 0 Å². The Morgan fingerprint density at radius 1 is 1.00 bits per heavy atom. The Morgan fingerprint density at radius 2 is 1.68 bits per heavy atom. The molecule has 0 bridgehead atoms. The average molecular weight is 274 g/mol. The summed E-state index contributed by atoms with van der Waals surface area (Å²) < 4.78 is 0. The van der Waals surface area contributed by atoms with Crippen molar-refractivity contribution in [3.8, 4) is 0 Å². The predicted molar refractivity (Wildman–Crippen MR) is 82.9 cm³/mol. The molecule has 0 spiro atoms. The topological polar surface area (TPSA) is 12.0 Å². The molecule has 0 aromatic heterocycles. The standard InChI is InChI=1S/C17H20ClN/c1-12-4-6-14(7-5-12)10-17(19-3)15-8-13(2)9-16(18)11-15/h4-9,11,17,19H,10H2,1-3H3. The molecule has 100 valence electrons. The van der Waals surface area contributed by atoms with E-state index in [1.165, 1.54) is 22.3 Å². The lowest BCUT2D eigenvalue weighted by atomic mass is 9.97. The Labute approximate surface area is 120 Å². The second-order valence-corrected chi connectivity index (χ2v) is 5.53. The van der Waals surface area contributed by atoms with Crippen LogP contribution in [0.5, 0.6) is 0 Å². The van der Waals surface area contributed by atoms with Crippen LogP contribution in [0.2, 0.25) is 5.02 Å². The van der Waals surface area contributed by atoms with E-state index in [2.05, 4.69) is 49.5 Å². The molecule has 0 heterocycles. The van der Waals surface area contributed by atoms with Gasteiger partial charge in [-0.1, -0.05) is 47.5 Å². The molecule has 0 saturated heterocycles. The molecule has 0 aliphatic heterocycles. The maximum absolute atomic E-state index is 6.15. The third-order valence-electron chi connectivity index (χ3n) is 3.38. The second-order valence-electron chi connectivity index (χ2n) is 5.09. The molecular weight excluding hydrogens is 254 g/mol. The van der Waals surface area contributed by atoms with Gasteiger partial charge in [-0.25, -0.2) is 0 Å². The fourth-order valence-electron chi connectivity index (χ4n) is 2.31. The summed E-state index contributed by atoms with van der Waals surface area (Å²) in [5.74, 6) is 0. The van der Waals surface area contributed by atoms with E-state index in [-0.39, 0.29) is 0 Å². The van der Waals surface area contributed by atoms with Crippen LogP contribution in [-0.4, -0.2) is 7.05 Å². The molecule has 0 aliphatic rings. The fourth-order valence-corrected chi connectivity index (χ4v) is 2.61. The van der Waals surface area contributed by atoms with Crippen LogP contribution in [-0.2, 0) is 6.42 Å². The first-order valence-corrected chi connectivity index (χ1v) is 6.96. The molecule has 0 aliphatic carbocycles. The third-order valence-corrected chi connectivity index (χ3v) is 3.59. The summed E-state index contributed by atoms with van der Waals surface area (Å²) in [4.78, 5) is 0. The van der Waals surface area contributed by atoms with Gasteiger partial charge in [0.15, 0.2) is 0 Å². The Hall–Kier alpha value is -1.31. The van der Waals surface area contributed by atoms with Gasteiger partial charge in [0.1, 0.15) is 0 Å². The normalized spacial score (nSPS) is 12.4. The Kier molecular flexibility index (Phi) is 4.62. The number of hydrogen-bond donors (Lipinski definition) is 1. The monoisotopic (exact) mass is 273 g/mol. The molecule has 19 heavy (non-hydrogen) atoms. The lowest BCUT2D eigenvalue weighted by Gasteiger charge is -2.18. The van der Waals surface area contributed by atoms with Crippen LogP contribution in [0.15, 0.2) is 42.5 Å². The molecule has 0 amide bonds. The Bertz CT molecular complexity index is 525. The summed E-state index contributed by atoms with van der Waals surface area (Å²) in [7, 11) is 2.00. The van der Waals surface area contributed by atoms with E-state index in [9.17, 15) is 0 Å². The number of nitrogens with one attached hydrogen (secondary N) is 1. The Morgan fingerprint density at radius 3 is 2.26 bits per heavy atom. The van der Waals surface area contributed by atoms with Gasteiger partial charge in [-0.05, 0) is 56.1 Å². The molecule has 2 aromatic carbocycles. The predicted octanol–water partition coefficient (Wildman–Crippen LogP) is 4.46. The van der Waals surface area contributed by atoms with Gasteiger partial charge in [0.05, 0.1) is 0 Å². The van der Waals surface area contributed by atoms with E-state index in [1.807, 2.05) is 19.2 Å². The zero-order chi connectivity index (χ0) is 13.8. The number of likely N-dealkylation sites (N-methyl/N-ethyl adjacent to an activating group) is 1. The third kappa shape index (κ3) is 3.82. The number of halogens is 1. The van der Waals surface area contributed by atoms with Crippen LogP contribution < -0.4 is 5.32 Å². The van der Waals surface area contributed by atoms with Gasteiger partial charge in [0.25, 0.3) is 0 Å². The van der Waals surface area contributed by atoms with Crippen molar-refractivity contribution in [3.05, 3.63) is 69.7 Å². The minimum absolute atomic E-state index is 0.292. The summed E-state index contributed by atoms with van der Waals surface area (Å²) in [6.07, 6.45) is 0.969. The van der Waals surface area contributed by atoms with E-state index >= 15 is 0 Å². The van der Waals surface area contributed by atoms with Crippen LogP contribution in [0.4, 0.5) is 0 Å². The second kappa shape index (κ2) is 6.23. The molecule has 1 unspecified atom stereocenters. The lowest BCUT2D eigenvalue weighted by Crippen LogP contribution is -2.19. The van der Waals surface area contributed by atoms with Crippen molar-refractivity contribution in [1.29, 1.82) is 0 Å². The van der Waals surface area contributed by atoms with Crippen molar-refractivity contribution in [1.82, 2.24) is 5.32 Å². The van der Waals surface area contributed by atoms with Gasteiger partial charge in [-0.15, -0.1) is 0 Å². The minimum atomic E-state index is 0.292. The van der Waals surface area contributed by atoms with Crippen molar-refractivity contribution in [2.75, 3.05) is 7.05 Å². The summed E-state index contributed by atoms with van der Waals surface area (Å²) in [5, 5.41) is 4.18. The Balaban J connectivity index is 2.22. The highest BCUT2D eigenvalue weighted by atomic mass is 35.5. The summed E-state index contributed by atoms with van der Waals surface area (Å²) in [5.41, 5.74) is 5.07. The zero-order valence-corrected chi connectivity index (χ0v) is 12.5. The van der Waals surface area contributed by atoms with Crippen molar-refractivity contribution in [3.63, 3.8) is 0 Å². The highest BCUT2D eigenvalue weighted by molar-refractivity contribution is 6.30. The van der Waals surface area contributed by atoms with Crippen LogP contribution in [0.1, 0.15) is 28.3 Å². The first-order valence-electron chi connectivity index (χ1n) is 6.58. The van der Waals surface area contributed by atoms with E-state index in [1.54, 1.807) is 0 Å². The number of benzene rings is 2. The quantitative estimate of drug-likeness (QED) is 0.867. The van der Waals surface area contributed by atoms with E-state index < -0.39 is 0 Å². The van der Waals surface area contributed by atoms with Crippen molar-refractivity contribution >= 4 is 11.6 Å². The van der Waals surface area contributed by atoms with Gasteiger partial charge in [-0.3, -0.25) is 0 Å². The van der Waals surface area contributed by atoms with Crippen LogP contribution in [0.3, 0.4) is 0 Å². The molecule has 2 aromatic rings. The molecular formula is C17H20ClN. The van der Waals surface area contributed by atoms with E-state index in [0.29, 0.717) is 6.04 Å². The first-order chi connectivity index (χ1) is 9.08. The molecule has 0 radical (unpaired) electrons. The maximum Gasteiger partial charge on any atom is 0.0411 e. The molecule has 2 rings (SSSR count). The fraction of sp³-hybridized carbons (Fsp3) is 0.294. The first kappa shape index (κ1) is 14.1. The van der Waals surface area contributed by atoms with E-state index in [4.69, 9.17) is 11.6 Å². The summed E-state index contributed by atoms with van der Waals surface area (Å²) >= 11 is 6.15. The molecule has 0 fully saturated rings. The lowest BCUT2D eigenvalue weighted by molar-refractivity contribution is 0.591. The van der Waals surface area contributed by atoms with Crippen molar-refractivity contribution < 1.29 is 0 Å². The van der Waals surface area contributed by atoms with Gasteiger partial charge >= 0.3 is 0 Å². The SMILES string of the molecule is CNC(Cc1ccc(C)cc1)c1cc(C)cc(Cl)c1. The largest absolute Gasteiger partial charge is 0.313 e. The molecule has 1 N–H and O–H groups in total. The minimum Gasteiger partial charge on any atom is -0.313 e. The molecule has 1 nitrogen and oxygen atoms in total. The number of rotatable bonds is 4. The highest BCUT2D eigenvalue weighted by Crippen LogP contribution is 2.23. The van der Waals surface area contributed by atoms with Gasteiger partial charge in [0, 0.05) is 11.1 Å². The van der Waals surface area contributed by atoms with Crippen molar-refractivity contribution in [2.45, 2.75) is 26.3 Å². The van der Waals surface area contributed by atoms with Crippen LogP contribution in [0, 0.1) is 13.8 Å². The molecule has 0 saturated carbocycles. The molecule has 1 atom stereocenters. The number of hydrogen-bond acceptors (Lipinski definition) is 1. The highest BCUT2D eigenvalue weighted by Gasteiger charge is 2.11. The summed E-state index contributed by atoms with van der Waals surface area (Å²) in [6.45, 7) is 4.19. The smallest absolute Gasteiger partial charge is 0.0411 e. The number of aryl methyl sites for hydroxylation is 2. The zero-order valence-electron chi connectivity index (χ0n) is 11.7. The van der Waals surface area contributed by atoms with E-state index in [0.717, 1.165) is 11.4 Å². The average Bonchev–Trinajstić information content (AvgIpc) is 2.37. The molecule has 2 heteroatoms. The van der Waals surface area contributed by atoms with Gasteiger partial charge < -0.3 is 5.32 Å². The van der Waals surface area contributed by atoms with Crippen LogP contribution >= 0.6 is 11.6 Å². The van der Waals surface area contributed by atoms with Crippen molar-refractivity contribution in [2.24, 2.45) is 0 Å². The summed E-state index contributed by atoms with van der Waals surface area (Å²) in [6, 6.07) is 15.2. The maximum atomic E-state index is 6.15. The van der Waals surface area contributed by atoms with Gasteiger partial charge in [-0.2, -0.15) is 0 Å². The van der Waals surface area contributed by atoms with Gasteiger partial charge in [0.2, 0.25) is 0 Å².